The number of fused-ring (bicyclic) bond motifs is 5. The Morgan fingerprint density at radius 3 is 2.53 bits per heavy atom. The molecule has 6 atom stereocenters. The van der Waals surface area contributed by atoms with Gasteiger partial charge in [-0.1, -0.05) is 34.1 Å². The van der Waals surface area contributed by atoms with Crippen molar-refractivity contribution in [2.75, 3.05) is 6.54 Å². The van der Waals surface area contributed by atoms with Gasteiger partial charge in [0.1, 0.15) is 24.0 Å². The van der Waals surface area contributed by atoms with Gasteiger partial charge in [-0.2, -0.15) is 8.78 Å². The number of pyridine rings is 1. The van der Waals surface area contributed by atoms with Gasteiger partial charge >= 0.3 is 12.7 Å². The van der Waals surface area contributed by atoms with E-state index in [0.29, 0.717) is 19.3 Å². The van der Waals surface area contributed by atoms with Crippen LogP contribution >= 0.6 is 0 Å². The van der Waals surface area contributed by atoms with Crippen LogP contribution in [0.5, 0.6) is 11.6 Å². The Balaban J connectivity index is 1.57. The fraction of sp³-hybridized carbons (Fsp3) is 0.625. The second-order valence-electron chi connectivity index (χ2n) is 13.5. The van der Waals surface area contributed by atoms with Gasteiger partial charge in [-0.3, -0.25) is 9.59 Å². The number of aromatic nitrogens is 1. The number of ketones is 1. The van der Waals surface area contributed by atoms with E-state index in [-0.39, 0.29) is 47.4 Å². The number of alkyl carbamates (subject to hydrolysis) is 1. The molecule has 246 valence electrons. The highest BCUT2D eigenvalue weighted by atomic mass is 19.3. The summed E-state index contributed by atoms with van der Waals surface area (Å²) in [6.07, 6.45) is -0.674. The Hall–Kier alpha value is -3.64. The number of halogens is 4. The molecule has 1 aromatic heterocycles. The number of ether oxygens (including phenoxy) is 3. The molecular formula is C32H39F4N3O6. The first-order chi connectivity index (χ1) is 21.0. The van der Waals surface area contributed by atoms with E-state index in [0.717, 1.165) is 0 Å². The Kier molecular flexibility index (Phi) is 8.93. The molecule has 2 fully saturated rings. The third-order valence-electron chi connectivity index (χ3n) is 8.94. The molecule has 0 unspecified atom stereocenters. The van der Waals surface area contributed by atoms with E-state index in [1.165, 1.54) is 36.1 Å². The van der Waals surface area contributed by atoms with Crippen LogP contribution in [0.4, 0.5) is 22.4 Å². The number of carbonyl (C=O) groups is 3. The van der Waals surface area contributed by atoms with Crippen LogP contribution < -0.4 is 14.8 Å². The Labute approximate surface area is 259 Å². The molecule has 45 heavy (non-hydrogen) atoms. The first kappa shape index (κ1) is 32.7. The molecule has 13 heteroatoms. The minimum atomic E-state index is -3.37. The number of Topliss-reactive ketones (excluding diaryl/α,β-unsaturated/α-hetero) is 1. The zero-order valence-corrected chi connectivity index (χ0v) is 25.9. The van der Waals surface area contributed by atoms with Crippen LogP contribution in [-0.2, 0) is 20.2 Å². The summed E-state index contributed by atoms with van der Waals surface area (Å²) in [5.74, 6) is -5.44. The number of amides is 2. The van der Waals surface area contributed by atoms with Crippen LogP contribution in [0.25, 0.3) is 10.9 Å². The van der Waals surface area contributed by atoms with Crippen molar-refractivity contribution in [3.8, 4) is 11.6 Å². The van der Waals surface area contributed by atoms with Gasteiger partial charge in [0, 0.05) is 23.8 Å². The normalized spacial score (nSPS) is 29.1. The molecule has 1 N–H and O–H groups in total. The third-order valence-corrected chi connectivity index (χ3v) is 8.94. The second kappa shape index (κ2) is 12.3. The van der Waals surface area contributed by atoms with Crippen molar-refractivity contribution >= 4 is 28.7 Å². The summed E-state index contributed by atoms with van der Waals surface area (Å²) in [5, 5.41) is 2.99. The largest absolute Gasteiger partial charge is 0.472 e. The topological polar surface area (TPSA) is 107 Å². The molecule has 1 saturated heterocycles. The van der Waals surface area contributed by atoms with Gasteiger partial charge in [-0.25, -0.2) is 18.6 Å². The molecule has 2 aromatic rings. The lowest BCUT2D eigenvalue weighted by molar-refractivity contribution is -0.141. The number of benzene rings is 1. The lowest BCUT2D eigenvalue weighted by atomic mass is 9.85. The molecule has 1 aliphatic carbocycles. The lowest BCUT2D eigenvalue weighted by Gasteiger charge is -2.35. The van der Waals surface area contributed by atoms with E-state index < -0.39 is 71.9 Å². The maximum atomic E-state index is 15.9. The van der Waals surface area contributed by atoms with Crippen molar-refractivity contribution in [1.82, 2.24) is 15.2 Å². The van der Waals surface area contributed by atoms with Crippen LogP contribution in [0.1, 0.15) is 72.3 Å². The van der Waals surface area contributed by atoms with Gasteiger partial charge in [0.15, 0.2) is 5.78 Å². The van der Waals surface area contributed by atoms with Gasteiger partial charge in [0.05, 0.1) is 23.7 Å². The van der Waals surface area contributed by atoms with E-state index in [4.69, 9.17) is 9.47 Å². The second-order valence-corrected chi connectivity index (χ2v) is 13.5. The van der Waals surface area contributed by atoms with Crippen molar-refractivity contribution in [1.29, 1.82) is 0 Å². The molecule has 9 nitrogen and oxygen atoms in total. The summed E-state index contributed by atoms with van der Waals surface area (Å²) in [6.45, 7) is 5.11. The average molecular weight is 638 g/mol. The number of nitrogens with zero attached hydrogens (tertiary/aromatic N) is 2. The maximum Gasteiger partial charge on any atom is 0.408 e. The van der Waals surface area contributed by atoms with Gasteiger partial charge < -0.3 is 24.4 Å². The molecule has 2 amide bonds. The highest BCUT2D eigenvalue weighted by Crippen LogP contribution is 2.44. The fourth-order valence-corrected chi connectivity index (χ4v) is 6.38. The molecule has 2 bridgehead atoms. The molecular weight excluding hydrogens is 598 g/mol. The molecule has 3 aliphatic rings. The van der Waals surface area contributed by atoms with Crippen LogP contribution in [0.15, 0.2) is 24.3 Å². The number of hydrogen-bond donors (Lipinski definition) is 1. The first-order valence-corrected chi connectivity index (χ1v) is 15.3. The number of nitrogens with one attached hydrogen (secondary N) is 1. The Morgan fingerprint density at radius 1 is 1.13 bits per heavy atom. The average Bonchev–Trinajstić information content (AvgIpc) is 3.58. The smallest absolute Gasteiger partial charge is 0.408 e. The molecule has 1 aromatic carbocycles. The standard InChI is InChI=1S/C32H39F4N3O6/c1-16-24-15-39(25(16)17(2)40)28(41)26(31(3,4)5)38-30(42)45-23-13-19(23)8-6-7-11-32(35,36)21-12-18-9-10-20(43-29(33)34)14-22(18)37-27(21)44-24/h9-10,12,14,16,19,23-26,29H,6-8,11,13,15H2,1-5H3,(H,38,42)/t16-,19-,23-,24+,25+,26-/m1/s1. The summed E-state index contributed by atoms with van der Waals surface area (Å²) < 4.78 is 73.8. The van der Waals surface area contributed by atoms with Crippen molar-refractivity contribution < 1.29 is 46.2 Å². The summed E-state index contributed by atoms with van der Waals surface area (Å²) in [5.41, 5.74) is -1.14. The van der Waals surface area contributed by atoms with Gasteiger partial charge in [-0.05, 0) is 55.7 Å². The maximum absolute atomic E-state index is 15.9. The minimum Gasteiger partial charge on any atom is -0.472 e. The summed E-state index contributed by atoms with van der Waals surface area (Å²) in [6, 6.07) is 3.06. The quantitative estimate of drug-likeness (QED) is 0.399. The molecule has 0 spiro atoms. The first-order valence-electron chi connectivity index (χ1n) is 15.3. The number of rotatable bonds is 3. The predicted molar refractivity (Wildman–Crippen MR) is 155 cm³/mol. The number of hydrogen-bond acceptors (Lipinski definition) is 7. The Morgan fingerprint density at radius 2 is 1.87 bits per heavy atom. The molecule has 3 heterocycles. The van der Waals surface area contributed by atoms with Crippen LogP contribution in [-0.4, -0.2) is 65.1 Å². The molecule has 2 aliphatic heterocycles. The summed E-state index contributed by atoms with van der Waals surface area (Å²) in [7, 11) is 0. The van der Waals surface area contributed by atoms with Gasteiger partial charge in [-0.15, -0.1) is 0 Å². The Bertz CT molecular complexity index is 1460. The van der Waals surface area contributed by atoms with Crippen LogP contribution in [0.2, 0.25) is 0 Å². The van der Waals surface area contributed by atoms with Crippen LogP contribution in [0, 0.1) is 17.3 Å². The zero-order valence-electron chi connectivity index (χ0n) is 25.9. The molecule has 5 rings (SSSR count). The number of carbonyl (C=O) groups excluding carboxylic acids is 3. The van der Waals surface area contributed by atoms with E-state index in [1.54, 1.807) is 27.7 Å². The van der Waals surface area contributed by atoms with Crippen molar-refractivity contribution in [3.63, 3.8) is 0 Å². The van der Waals surface area contributed by atoms with Crippen molar-refractivity contribution in [2.24, 2.45) is 17.3 Å². The van der Waals surface area contributed by atoms with Gasteiger partial charge in [0.25, 0.3) is 5.92 Å². The lowest BCUT2D eigenvalue weighted by Crippen LogP contribution is -2.57. The summed E-state index contributed by atoms with van der Waals surface area (Å²) in [4.78, 5) is 45.5. The predicted octanol–water partition coefficient (Wildman–Crippen LogP) is 6.21. The fourth-order valence-electron chi connectivity index (χ4n) is 6.38. The SMILES string of the molecule is CC(=O)[C@@H]1[C@H](C)[C@@H]2CN1C(=O)[C@H](C(C)(C)C)NC(=O)O[C@@H]1C[C@H]1CCCCC(F)(F)c1cc3ccc(OC(F)F)cc3nc1O2. The van der Waals surface area contributed by atoms with Gasteiger partial charge in [0.2, 0.25) is 11.8 Å². The molecule has 1 saturated carbocycles. The molecule has 0 radical (unpaired) electrons. The minimum absolute atomic E-state index is 0.0419. The van der Waals surface area contributed by atoms with E-state index in [1.807, 2.05) is 0 Å². The number of alkyl halides is 4. The van der Waals surface area contributed by atoms with Crippen LogP contribution in [0.3, 0.4) is 0 Å². The highest BCUT2D eigenvalue weighted by molar-refractivity contribution is 5.92. The van der Waals surface area contributed by atoms with Crippen molar-refractivity contribution in [3.05, 3.63) is 29.8 Å². The van der Waals surface area contributed by atoms with E-state index in [2.05, 4.69) is 15.0 Å². The summed E-state index contributed by atoms with van der Waals surface area (Å²) >= 11 is 0. The highest BCUT2D eigenvalue weighted by Gasteiger charge is 2.50. The van der Waals surface area contributed by atoms with Crippen molar-refractivity contribution in [2.45, 2.75) is 104 Å². The zero-order chi connectivity index (χ0) is 32.8. The van der Waals surface area contributed by atoms with E-state index in [9.17, 15) is 23.2 Å². The monoisotopic (exact) mass is 637 g/mol. The third kappa shape index (κ3) is 7.12. The van der Waals surface area contributed by atoms with E-state index >= 15 is 8.78 Å².